The molecule has 2 aromatic heterocycles. The first-order valence-corrected chi connectivity index (χ1v) is 11.6. The third-order valence-electron chi connectivity index (χ3n) is 4.87. The molecule has 2 aromatic carbocycles. The van der Waals surface area contributed by atoms with E-state index in [1.54, 1.807) is 18.0 Å². The third-order valence-corrected chi connectivity index (χ3v) is 5.91. The van der Waals surface area contributed by atoms with Crippen molar-refractivity contribution in [1.82, 2.24) is 20.1 Å². The first kappa shape index (κ1) is 21.9. The topological polar surface area (TPSA) is 73.0 Å². The number of hydrogen-bond acceptors (Lipinski definition) is 5. The van der Waals surface area contributed by atoms with E-state index in [1.165, 1.54) is 0 Å². The van der Waals surface area contributed by atoms with Crippen LogP contribution >= 0.6 is 11.8 Å². The Morgan fingerprint density at radius 2 is 1.84 bits per heavy atom. The molecule has 0 fully saturated rings. The summed E-state index contributed by atoms with van der Waals surface area (Å²) >= 11 is 1.59. The van der Waals surface area contributed by atoms with Gasteiger partial charge in [-0.15, -0.1) is 10.2 Å². The zero-order chi connectivity index (χ0) is 22.3. The zero-order valence-electron chi connectivity index (χ0n) is 18.2. The van der Waals surface area contributed by atoms with Crippen molar-refractivity contribution in [2.24, 2.45) is 5.92 Å². The number of nitrogens with zero attached hydrogens (tertiary/aromatic N) is 3. The lowest BCUT2D eigenvalue weighted by molar-refractivity contribution is 0.0949. The number of rotatable bonds is 9. The van der Waals surface area contributed by atoms with Crippen molar-refractivity contribution < 1.29 is 9.21 Å². The van der Waals surface area contributed by atoms with Gasteiger partial charge in [0, 0.05) is 17.9 Å². The number of benzene rings is 2. The molecule has 0 aliphatic carbocycles. The van der Waals surface area contributed by atoms with Gasteiger partial charge >= 0.3 is 0 Å². The van der Waals surface area contributed by atoms with Gasteiger partial charge in [0.1, 0.15) is 0 Å². The molecule has 32 heavy (non-hydrogen) atoms. The standard InChI is InChI=1S/C25H26N4O2S/c1-18(2)15-26-24(30)21-11-6-10-20(14-21)17-32-25-28-27-23(22-12-7-13-31-22)29(25)16-19-8-4-3-5-9-19/h3-14,18H,15-17H2,1-2H3,(H,26,30). The van der Waals surface area contributed by atoms with Gasteiger partial charge in [-0.25, -0.2) is 0 Å². The molecule has 0 saturated heterocycles. The van der Waals surface area contributed by atoms with Gasteiger partial charge in [0.15, 0.2) is 10.9 Å². The minimum atomic E-state index is -0.0436. The monoisotopic (exact) mass is 446 g/mol. The Balaban J connectivity index is 1.52. The van der Waals surface area contributed by atoms with E-state index in [0.717, 1.165) is 16.3 Å². The van der Waals surface area contributed by atoms with E-state index in [2.05, 4.69) is 46.1 Å². The predicted molar refractivity (Wildman–Crippen MR) is 126 cm³/mol. The number of hydrogen-bond donors (Lipinski definition) is 1. The highest BCUT2D eigenvalue weighted by atomic mass is 32.2. The molecule has 4 rings (SSSR count). The number of carbonyl (C=O) groups is 1. The van der Waals surface area contributed by atoms with Crippen LogP contribution in [0.25, 0.3) is 11.6 Å². The maximum atomic E-state index is 12.4. The lowest BCUT2D eigenvalue weighted by Gasteiger charge is -2.10. The molecule has 6 nitrogen and oxygen atoms in total. The predicted octanol–water partition coefficient (Wildman–Crippen LogP) is 5.26. The number of amides is 1. The average Bonchev–Trinajstić information content (AvgIpc) is 3.47. The molecule has 0 atom stereocenters. The highest BCUT2D eigenvalue weighted by molar-refractivity contribution is 7.98. The third kappa shape index (κ3) is 5.48. The van der Waals surface area contributed by atoms with Crippen molar-refractivity contribution in [3.8, 4) is 11.6 Å². The molecule has 0 aliphatic rings. The second-order valence-electron chi connectivity index (χ2n) is 7.95. The molecule has 0 spiro atoms. The maximum absolute atomic E-state index is 12.4. The fourth-order valence-electron chi connectivity index (χ4n) is 3.24. The fourth-order valence-corrected chi connectivity index (χ4v) is 4.12. The van der Waals surface area contributed by atoms with Gasteiger partial charge in [0.25, 0.3) is 5.91 Å². The van der Waals surface area contributed by atoms with Crippen LogP contribution in [-0.4, -0.2) is 27.2 Å². The number of aromatic nitrogens is 3. The normalized spacial score (nSPS) is 11.1. The van der Waals surface area contributed by atoms with Crippen LogP contribution in [0, 0.1) is 5.92 Å². The second-order valence-corrected chi connectivity index (χ2v) is 8.89. The first-order chi connectivity index (χ1) is 15.6. The largest absolute Gasteiger partial charge is 0.461 e. The fraction of sp³-hybridized carbons (Fsp3) is 0.240. The van der Waals surface area contributed by atoms with Crippen molar-refractivity contribution in [3.05, 3.63) is 89.7 Å². The molecular formula is C25H26N4O2S. The Morgan fingerprint density at radius 3 is 2.59 bits per heavy atom. The van der Waals surface area contributed by atoms with Crippen LogP contribution in [0.3, 0.4) is 0 Å². The lowest BCUT2D eigenvalue weighted by atomic mass is 10.1. The summed E-state index contributed by atoms with van der Waals surface area (Å²) in [6.45, 7) is 5.46. The van der Waals surface area contributed by atoms with E-state index in [-0.39, 0.29) is 5.91 Å². The summed E-state index contributed by atoms with van der Waals surface area (Å²) in [6, 6.07) is 21.7. The Labute approximate surface area is 192 Å². The maximum Gasteiger partial charge on any atom is 0.251 e. The quantitative estimate of drug-likeness (QED) is 0.355. The Hall–Kier alpha value is -3.32. The van der Waals surface area contributed by atoms with Crippen LogP contribution in [0.1, 0.15) is 35.3 Å². The Bertz CT molecular complexity index is 1150. The van der Waals surface area contributed by atoms with Crippen molar-refractivity contribution in [2.75, 3.05) is 6.54 Å². The van der Waals surface area contributed by atoms with Gasteiger partial charge in [0.2, 0.25) is 5.82 Å². The molecule has 1 N–H and O–H groups in total. The van der Waals surface area contributed by atoms with Gasteiger partial charge in [-0.1, -0.05) is 68.1 Å². The van der Waals surface area contributed by atoms with Crippen LogP contribution in [0.5, 0.6) is 0 Å². The molecule has 0 radical (unpaired) electrons. The summed E-state index contributed by atoms with van der Waals surface area (Å²) < 4.78 is 7.65. The zero-order valence-corrected chi connectivity index (χ0v) is 19.0. The molecule has 164 valence electrons. The second kappa shape index (κ2) is 10.3. The average molecular weight is 447 g/mol. The first-order valence-electron chi connectivity index (χ1n) is 10.6. The minimum absolute atomic E-state index is 0.0436. The molecule has 2 heterocycles. The Morgan fingerprint density at radius 1 is 1.03 bits per heavy atom. The summed E-state index contributed by atoms with van der Waals surface area (Å²) in [4.78, 5) is 12.4. The van der Waals surface area contributed by atoms with Gasteiger partial charge in [-0.2, -0.15) is 0 Å². The van der Waals surface area contributed by atoms with Crippen molar-refractivity contribution in [2.45, 2.75) is 31.3 Å². The lowest BCUT2D eigenvalue weighted by Crippen LogP contribution is -2.27. The molecule has 4 aromatic rings. The van der Waals surface area contributed by atoms with Gasteiger partial charge in [-0.05, 0) is 41.3 Å². The molecule has 0 saturated carbocycles. The van der Waals surface area contributed by atoms with Crippen LogP contribution in [0.2, 0.25) is 0 Å². The van der Waals surface area contributed by atoms with E-state index >= 15 is 0 Å². The number of nitrogens with one attached hydrogen (secondary N) is 1. The van der Waals surface area contributed by atoms with Crippen molar-refractivity contribution in [3.63, 3.8) is 0 Å². The van der Waals surface area contributed by atoms with Crippen LogP contribution in [0.4, 0.5) is 0 Å². The van der Waals surface area contributed by atoms with Crippen LogP contribution < -0.4 is 5.32 Å². The summed E-state index contributed by atoms with van der Waals surface area (Å²) in [5, 5.41) is 12.6. The van der Waals surface area contributed by atoms with E-state index < -0.39 is 0 Å². The summed E-state index contributed by atoms with van der Waals surface area (Å²) in [7, 11) is 0. The van der Waals surface area contributed by atoms with Gasteiger partial charge in [-0.3, -0.25) is 9.36 Å². The molecule has 7 heteroatoms. The minimum Gasteiger partial charge on any atom is -0.461 e. The SMILES string of the molecule is CC(C)CNC(=O)c1cccc(CSc2nnc(-c3ccco3)n2Cc2ccccc2)c1. The van der Waals surface area contributed by atoms with Crippen molar-refractivity contribution in [1.29, 1.82) is 0 Å². The van der Waals surface area contributed by atoms with E-state index in [0.29, 0.717) is 41.9 Å². The molecule has 1 amide bonds. The van der Waals surface area contributed by atoms with Gasteiger partial charge < -0.3 is 9.73 Å². The summed E-state index contributed by atoms with van der Waals surface area (Å²) in [5.41, 5.74) is 2.89. The van der Waals surface area contributed by atoms with E-state index in [4.69, 9.17) is 4.42 Å². The molecule has 0 unspecified atom stereocenters. The molecular weight excluding hydrogens is 420 g/mol. The Kier molecular flexibility index (Phi) is 7.07. The van der Waals surface area contributed by atoms with Crippen molar-refractivity contribution >= 4 is 17.7 Å². The number of furan rings is 1. The molecule has 0 bridgehead atoms. The smallest absolute Gasteiger partial charge is 0.251 e. The summed E-state index contributed by atoms with van der Waals surface area (Å²) in [6.07, 6.45) is 1.64. The summed E-state index contributed by atoms with van der Waals surface area (Å²) in [5.74, 6) is 2.43. The highest BCUT2D eigenvalue weighted by Gasteiger charge is 2.17. The van der Waals surface area contributed by atoms with Gasteiger partial charge in [0.05, 0.1) is 12.8 Å². The molecule has 0 aliphatic heterocycles. The number of thioether (sulfide) groups is 1. The van der Waals surface area contributed by atoms with Crippen LogP contribution in [-0.2, 0) is 12.3 Å². The highest BCUT2D eigenvalue weighted by Crippen LogP contribution is 2.28. The van der Waals surface area contributed by atoms with E-state index in [1.807, 2.05) is 54.6 Å². The number of carbonyl (C=O) groups excluding carboxylic acids is 1. The van der Waals surface area contributed by atoms with Crippen LogP contribution in [0.15, 0.2) is 82.6 Å². The van der Waals surface area contributed by atoms with E-state index in [9.17, 15) is 4.79 Å².